The molecule has 178 valence electrons. The van der Waals surface area contributed by atoms with Crippen molar-refractivity contribution in [3.63, 3.8) is 0 Å². The zero-order chi connectivity index (χ0) is 24.2. The average Bonchev–Trinajstić information content (AvgIpc) is 3.11. The molecular formula is C23H25ClF3N3O2S. The number of methoxy groups -OCH3 is 1. The number of benzene rings is 2. The number of thioether (sulfide) groups is 1. The average molecular weight is 500 g/mol. The van der Waals surface area contributed by atoms with Gasteiger partial charge in [-0.3, -0.25) is 0 Å². The van der Waals surface area contributed by atoms with Crippen LogP contribution in [-0.2, 0) is 6.18 Å². The molecule has 2 aromatic rings. The molecule has 2 amide bonds. The lowest BCUT2D eigenvalue weighted by Crippen LogP contribution is -2.35. The van der Waals surface area contributed by atoms with Gasteiger partial charge in [0.2, 0.25) is 0 Å². The van der Waals surface area contributed by atoms with Crippen LogP contribution in [0.5, 0.6) is 5.75 Å². The molecular weight excluding hydrogens is 475 g/mol. The Hall–Kier alpha value is -2.39. The quantitative estimate of drug-likeness (QED) is 0.428. The van der Waals surface area contributed by atoms with Gasteiger partial charge < -0.3 is 10.1 Å². The van der Waals surface area contributed by atoms with Gasteiger partial charge in [0.25, 0.3) is 0 Å². The van der Waals surface area contributed by atoms with Crippen LogP contribution >= 0.6 is 23.4 Å². The Morgan fingerprint density at radius 3 is 2.58 bits per heavy atom. The number of nitrogens with zero attached hydrogens (tertiary/aromatic N) is 2. The van der Waals surface area contributed by atoms with Gasteiger partial charge in [0.05, 0.1) is 24.9 Å². The lowest BCUT2D eigenvalue weighted by molar-refractivity contribution is -0.138. The van der Waals surface area contributed by atoms with Crippen molar-refractivity contribution in [1.29, 1.82) is 0 Å². The number of hydrazone groups is 1. The maximum absolute atomic E-state index is 13.1. The molecule has 0 saturated heterocycles. The summed E-state index contributed by atoms with van der Waals surface area (Å²) in [5, 5.41) is 9.15. The summed E-state index contributed by atoms with van der Waals surface area (Å²) in [5.41, 5.74) is 0.550. The van der Waals surface area contributed by atoms with Crippen molar-refractivity contribution >= 4 is 40.8 Å². The molecule has 1 N–H and O–H groups in total. The number of halogens is 4. The molecule has 0 fully saturated rings. The van der Waals surface area contributed by atoms with Crippen molar-refractivity contribution in [1.82, 2.24) is 5.01 Å². The number of alkyl halides is 3. The van der Waals surface area contributed by atoms with Crippen LogP contribution in [0.1, 0.15) is 30.9 Å². The van der Waals surface area contributed by atoms with Crippen molar-refractivity contribution in [2.75, 3.05) is 31.0 Å². The van der Waals surface area contributed by atoms with Gasteiger partial charge in [0, 0.05) is 22.2 Å². The number of anilines is 1. The highest BCUT2D eigenvalue weighted by atomic mass is 35.5. The summed E-state index contributed by atoms with van der Waals surface area (Å²) in [6.07, 6.45) is -0.731. The third-order valence-electron chi connectivity index (χ3n) is 5.48. The van der Waals surface area contributed by atoms with Gasteiger partial charge in [0.1, 0.15) is 5.75 Å². The summed E-state index contributed by atoms with van der Waals surface area (Å²) < 4.78 is 44.2. The van der Waals surface area contributed by atoms with Gasteiger partial charge in [-0.05, 0) is 54.7 Å². The summed E-state index contributed by atoms with van der Waals surface area (Å²) in [5.74, 6) is 0.620. The van der Waals surface area contributed by atoms with Gasteiger partial charge in [-0.15, -0.1) is 0 Å². The molecule has 2 aromatic carbocycles. The highest BCUT2D eigenvalue weighted by Gasteiger charge is 2.41. The van der Waals surface area contributed by atoms with Gasteiger partial charge in [-0.1, -0.05) is 30.7 Å². The molecule has 0 bridgehead atoms. The highest BCUT2D eigenvalue weighted by molar-refractivity contribution is 7.98. The summed E-state index contributed by atoms with van der Waals surface area (Å²) in [6, 6.07) is 9.99. The number of rotatable bonds is 7. The van der Waals surface area contributed by atoms with Gasteiger partial charge >= 0.3 is 12.2 Å². The first-order valence-electron chi connectivity index (χ1n) is 10.2. The molecule has 0 saturated carbocycles. The minimum absolute atomic E-state index is 0.184. The highest BCUT2D eigenvalue weighted by Crippen LogP contribution is 2.39. The smallest absolute Gasteiger partial charge is 0.419 e. The standard InChI is InChI=1S/C23H25ClF3N3O2S/c1-22(11-4-12-33-3)14-30(29-20(22)15-5-7-16(24)8-6-15)21(31)28-17-9-10-18(23(25,26)27)19(13-17)32-2/h5-10,13H,4,11-12,14H2,1-3H3,(H,28,31). The Morgan fingerprint density at radius 1 is 1.27 bits per heavy atom. The SMILES string of the molecule is COc1cc(NC(=O)N2CC(C)(CCCSC)C(c3ccc(Cl)cc3)=N2)ccc1C(F)(F)F. The predicted molar refractivity (Wildman–Crippen MR) is 127 cm³/mol. The Balaban J connectivity index is 1.84. The third kappa shape index (κ3) is 5.95. The van der Waals surface area contributed by atoms with E-state index in [2.05, 4.69) is 17.3 Å². The first kappa shape index (κ1) is 25.2. The van der Waals surface area contributed by atoms with E-state index in [1.165, 1.54) is 11.1 Å². The molecule has 0 aliphatic carbocycles. The molecule has 1 heterocycles. The van der Waals surface area contributed by atoms with Crippen LogP contribution in [0.25, 0.3) is 0 Å². The molecule has 0 radical (unpaired) electrons. The zero-order valence-electron chi connectivity index (χ0n) is 18.5. The van der Waals surface area contributed by atoms with Crippen molar-refractivity contribution in [2.24, 2.45) is 10.5 Å². The first-order chi connectivity index (χ1) is 15.6. The fourth-order valence-electron chi connectivity index (χ4n) is 3.81. The maximum atomic E-state index is 13.1. The van der Waals surface area contributed by atoms with E-state index in [4.69, 9.17) is 16.3 Å². The lowest BCUT2D eigenvalue weighted by Gasteiger charge is -2.26. The summed E-state index contributed by atoms with van der Waals surface area (Å²) in [6.45, 7) is 2.41. The van der Waals surface area contributed by atoms with Crippen LogP contribution in [0.15, 0.2) is 47.6 Å². The molecule has 0 aromatic heterocycles. The molecule has 0 spiro atoms. The van der Waals surface area contributed by atoms with E-state index in [1.54, 1.807) is 23.9 Å². The van der Waals surface area contributed by atoms with Gasteiger partial charge in [-0.2, -0.15) is 30.0 Å². The Kier molecular flexibility index (Phi) is 7.84. The molecule has 33 heavy (non-hydrogen) atoms. The number of hydrogen-bond donors (Lipinski definition) is 1. The molecule has 3 rings (SSSR count). The maximum Gasteiger partial charge on any atom is 0.419 e. The van der Waals surface area contributed by atoms with Crippen LogP contribution in [0, 0.1) is 5.41 Å². The number of nitrogens with one attached hydrogen (secondary N) is 1. The van der Waals surface area contributed by atoms with E-state index in [9.17, 15) is 18.0 Å². The molecule has 1 unspecified atom stereocenters. The zero-order valence-corrected chi connectivity index (χ0v) is 20.1. The predicted octanol–water partition coefficient (Wildman–Crippen LogP) is 6.77. The van der Waals surface area contributed by atoms with Crippen LogP contribution in [-0.4, -0.2) is 42.4 Å². The Morgan fingerprint density at radius 2 is 1.97 bits per heavy atom. The number of hydrogen-bond acceptors (Lipinski definition) is 4. The van der Waals surface area contributed by atoms with E-state index in [1.807, 2.05) is 18.4 Å². The number of ether oxygens (including phenoxy) is 1. The van der Waals surface area contributed by atoms with Crippen molar-refractivity contribution in [3.8, 4) is 5.75 Å². The molecule has 1 atom stereocenters. The summed E-state index contributed by atoms with van der Waals surface area (Å²) >= 11 is 7.78. The summed E-state index contributed by atoms with van der Waals surface area (Å²) in [7, 11) is 1.15. The Labute approximate surface area is 200 Å². The number of carbonyl (C=O) groups excluding carboxylic acids is 1. The second-order valence-electron chi connectivity index (χ2n) is 8.01. The third-order valence-corrected chi connectivity index (χ3v) is 6.43. The van der Waals surface area contributed by atoms with E-state index in [0.717, 1.165) is 49.1 Å². The van der Waals surface area contributed by atoms with Crippen LogP contribution in [0.4, 0.5) is 23.7 Å². The molecule has 10 heteroatoms. The van der Waals surface area contributed by atoms with Crippen molar-refractivity contribution in [3.05, 3.63) is 58.6 Å². The van der Waals surface area contributed by atoms with Gasteiger partial charge in [-0.25, -0.2) is 9.80 Å². The minimum Gasteiger partial charge on any atom is -0.496 e. The van der Waals surface area contributed by atoms with E-state index >= 15 is 0 Å². The van der Waals surface area contributed by atoms with Crippen molar-refractivity contribution < 1.29 is 22.7 Å². The van der Waals surface area contributed by atoms with E-state index < -0.39 is 17.8 Å². The second-order valence-corrected chi connectivity index (χ2v) is 9.44. The first-order valence-corrected chi connectivity index (χ1v) is 12.0. The van der Waals surface area contributed by atoms with Crippen LogP contribution < -0.4 is 10.1 Å². The normalized spacial score (nSPS) is 18.3. The van der Waals surface area contributed by atoms with Gasteiger partial charge in [0.15, 0.2) is 0 Å². The fraction of sp³-hybridized carbons (Fsp3) is 0.391. The summed E-state index contributed by atoms with van der Waals surface area (Å²) in [4.78, 5) is 13.0. The van der Waals surface area contributed by atoms with E-state index in [0.29, 0.717) is 11.6 Å². The topological polar surface area (TPSA) is 53.9 Å². The number of amides is 2. The molecule has 1 aliphatic heterocycles. The molecule has 5 nitrogen and oxygen atoms in total. The largest absolute Gasteiger partial charge is 0.496 e. The molecule has 1 aliphatic rings. The number of carbonyl (C=O) groups is 1. The second kappa shape index (κ2) is 10.3. The minimum atomic E-state index is -4.56. The van der Waals surface area contributed by atoms with E-state index in [-0.39, 0.29) is 16.9 Å². The van der Waals surface area contributed by atoms with Crippen molar-refractivity contribution in [2.45, 2.75) is 25.9 Å². The Bertz CT molecular complexity index is 1030. The van der Waals surface area contributed by atoms with Crippen LogP contribution in [0.2, 0.25) is 5.02 Å². The fourth-order valence-corrected chi connectivity index (χ4v) is 4.37. The lowest BCUT2D eigenvalue weighted by atomic mass is 9.78. The number of urea groups is 1. The monoisotopic (exact) mass is 499 g/mol. The van der Waals surface area contributed by atoms with Crippen LogP contribution in [0.3, 0.4) is 0 Å².